The molecule has 166 valence electrons. The van der Waals surface area contributed by atoms with Crippen molar-refractivity contribution in [3.05, 3.63) is 82.7 Å². The summed E-state index contributed by atoms with van der Waals surface area (Å²) in [5, 5.41) is 2.64. The first kappa shape index (κ1) is 21.9. The fraction of sp³-hybridized carbons (Fsp3) is 0.280. The molecule has 1 aromatic heterocycles. The van der Waals surface area contributed by atoms with Gasteiger partial charge in [-0.15, -0.1) is 0 Å². The van der Waals surface area contributed by atoms with Crippen molar-refractivity contribution in [3.63, 3.8) is 0 Å². The number of aryl methyl sites for hydroxylation is 1. The summed E-state index contributed by atoms with van der Waals surface area (Å²) in [6.07, 6.45) is -3.22. The smallest absolute Gasteiger partial charge is 0.322 e. The first-order chi connectivity index (χ1) is 14.9. The molecule has 1 aliphatic carbocycles. The van der Waals surface area contributed by atoms with E-state index in [1.54, 1.807) is 12.1 Å². The van der Waals surface area contributed by atoms with Gasteiger partial charge >= 0.3 is 6.18 Å². The van der Waals surface area contributed by atoms with Crippen molar-refractivity contribution in [1.82, 2.24) is 4.57 Å². The second-order valence-electron chi connectivity index (χ2n) is 9.00. The van der Waals surface area contributed by atoms with Crippen LogP contribution in [0, 0.1) is 12.3 Å². The SMILES string of the molecule is Cc1cc2c(n1-c1ccc(NC(=O)c3cccc(C(F)(F)F)c3)cc1)CC(C)(C)CC2=O. The number of carbonyl (C=O) groups is 2. The first-order valence-corrected chi connectivity index (χ1v) is 10.3. The molecule has 1 N–H and O–H groups in total. The standard InChI is InChI=1S/C25H23F3N2O2/c1-15-11-20-21(13-24(2,3)14-22(20)31)30(15)19-9-7-18(8-10-19)29-23(32)16-5-4-6-17(12-16)25(26,27)28/h4-12H,13-14H2,1-3H3,(H,29,32). The summed E-state index contributed by atoms with van der Waals surface area (Å²) in [6, 6.07) is 13.3. The fourth-order valence-corrected chi connectivity index (χ4v) is 4.24. The van der Waals surface area contributed by atoms with Crippen LogP contribution in [-0.4, -0.2) is 16.3 Å². The van der Waals surface area contributed by atoms with Gasteiger partial charge in [0.2, 0.25) is 0 Å². The lowest BCUT2D eigenvalue weighted by Crippen LogP contribution is -2.27. The molecular weight excluding hydrogens is 417 g/mol. The Morgan fingerprint density at radius 1 is 1.03 bits per heavy atom. The van der Waals surface area contributed by atoms with E-state index in [4.69, 9.17) is 0 Å². The molecule has 1 aliphatic rings. The number of ketones is 1. The topological polar surface area (TPSA) is 51.1 Å². The number of nitrogens with one attached hydrogen (secondary N) is 1. The molecule has 2 aromatic carbocycles. The van der Waals surface area contributed by atoms with E-state index in [-0.39, 0.29) is 16.8 Å². The van der Waals surface area contributed by atoms with E-state index in [1.807, 2.05) is 29.7 Å². The third kappa shape index (κ3) is 4.20. The van der Waals surface area contributed by atoms with Crippen LogP contribution < -0.4 is 5.32 Å². The first-order valence-electron chi connectivity index (χ1n) is 10.3. The minimum Gasteiger partial charge on any atom is -0.322 e. The van der Waals surface area contributed by atoms with E-state index in [0.29, 0.717) is 12.1 Å². The van der Waals surface area contributed by atoms with Gasteiger partial charge in [0.1, 0.15) is 0 Å². The molecule has 0 unspecified atom stereocenters. The molecule has 0 atom stereocenters. The summed E-state index contributed by atoms with van der Waals surface area (Å²) in [5.74, 6) is -0.478. The van der Waals surface area contributed by atoms with Crippen LogP contribution in [0.25, 0.3) is 5.69 Å². The molecule has 0 spiro atoms. The highest BCUT2D eigenvalue weighted by molar-refractivity contribution is 6.04. The molecule has 4 rings (SSSR count). The Hall–Kier alpha value is -3.35. The number of hydrogen-bond donors (Lipinski definition) is 1. The zero-order valence-electron chi connectivity index (χ0n) is 18.0. The summed E-state index contributed by atoms with van der Waals surface area (Å²) in [4.78, 5) is 25.0. The molecule has 0 saturated heterocycles. The summed E-state index contributed by atoms with van der Waals surface area (Å²) < 4.78 is 40.8. The summed E-state index contributed by atoms with van der Waals surface area (Å²) in [7, 11) is 0. The number of aromatic nitrogens is 1. The number of rotatable bonds is 3. The van der Waals surface area contributed by atoms with Crippen molar-refractivity contribution in [2.24, 2.45) is 5.41 Å². The van der Waals surface area contributed by atoms with Crippen LogP contribution in [0.4, 0.5) is 18.9 Å². The Bertz CT molecular complexity index is 1200. The highest BCUT2D eigenvalue weighted by Crippen LogP contribution is 2.37. The zero-order chi connectivity index (χ0) is 23.3. The van der Waals surface area contributed by atoms with E-state index in [2.05, 4.69) is 19.2 Å². The van der Waals surface area contributed by atoms with Crippen molar-refractivity contribution in [2.75, 3.05) is 5.32 Å². The number of anilines is 1. The van der Waals surface area contributed by atoms with Gasteiger partial charge in [-0.05, 0) is 67.3 Å². The molecule has 0 bridgehead atoms. The number of nitrogens with zero attached hydrogens (tertiary/aromatic N) is 1. The van der Waals surface area contributed by atoms with Gasteiger partial charge in [-0.1, -0.05) is 19.9 Å². The van der Waals surface area contributed by atoms with Gasteiger partial charge in [-0.25, -0.2) is 0 Å². The fourth-order valence-electron chi connectivity index (χ4n) is 4.24. The lowest BCUT2D eigenvalue weighted by molar-refractivity contribution is -0.137. The lowest BCUT2D eigenvalue weighted by atomic mass is 9.76. The zero-order valence-corrected chi connectivity index (χ0v) is 18.0. The predicted molar refractivity (Wildman–Crippen MR) is 116 cm³/mol. The van der Waals surface area contributed by atoms with Crippen molar-refractivity contribution in [1.29, 1.82) is 0 Å². The molecule has 3 aromatic rings. The average molecular weight is 440 g/mol. The number of hydrogen-bond acceptors (Lipinski definition) is 2. The van der Waals surface area contributed by atoms with Gasteiger partial charge in [-0.2, -0.15) is 13.2 Å². The van der Waals surface area contributed by atoms with E-state index in [9.17, 15) is 22.8 Å². The van der Waals surface area contributed by atoms with Crippen LogP contribution in [0.5, 0.6) is 0 Å². The number of amides is 1. The Morgan fingerprint density at radius 3 is 2.38 bits per heavy atom. The maximum absolute atomic E-state index is 12.9. The minimum atomic E-state index is -4.51. The van der Waals surface area contributed by atoms with Crippen LogP contribution in [0.15, 0.2) is 54.6 Å². The second-order valence-corrected chi connectivity index (χ2v) is 9.00. The Labute approximate surface area is 184 Å². The van der Waals surface area contributed by atoms with Crippen molar-refractivity contribution < 1.29 is 22.8 Å². The van der Waals surface area contributed by atoms with Gasteiger partial charge in [0.15, 0.2) is 5.78 Å². The molecule has 0 saturated carbocycles. The second kappa shape index (κ2) is 7.65. The number of Topliss-reactive ketones (excluding diaryl/α,β-unsaturated/α-hetero) is 1. The quantitative estimate of drug-likeness (QED) is 0.526. The average Bonchev–Trinajstić information content (AvgIpc) is 3.03. The van der Waals surface area contributed by atoms with Crippen molar-refractivity contribution in [2.45, 2.75) is 39.8 Å². The van der Waals surface area contributed by atoms with E-state index < -0.39 is 17.6 Å². The summed E-state index contributed by atoms with van der Waals surface area (Å²) in [5.41, 5.74) is 2.93. The number of carbonyl (C=O) groups excluding carboxylic acids is 2. The number of fused-ring (bicyclic) bond motifs is 1. The Morgan fingerprint density at radius 2 is 1.72 bits per heavy atom. The summed E-state index contributed by atoms with van der Waals surface area (Å²) in [6.45, 7) is 6.10. The van der Waals surface area contributed by atoms with Crippen LogP contribution in [-0.2, 0) is 12.6 Å². The van der Waals surface area contributed by atoms with Gasteiger partial charge < -0.3 is 9.88 Å². The molecule has 32 heavy (non-hydrogen) atoms. The largest absolute Gasteiger partial charge is 0.416 e. The number of alkyl halides is 3. The molecule has 1 amide bonds. The lowest BCUT2D eigenvalue weighted by Gasteiger charge is -2.30. The van der Waals surface area contributed by atoms with Crippen molar-refractivity contribution >= 4 is 17.4 Å². The molecule has 0 radical (unpaired) electrons. The van der Waals surface area contributed by atoms with Crippen molar-refractivity contribution in [3.8, 4) is 5.69 Å². The van der Waals surface area contributed by atoms with Crippen LogP contribution in [0.2, 0.25) is 0 Å². The third-order valence-corrected chi connectivity index (χ3v) is 5.71. The number of benzene rings is 2. The number of halogens is 3. The van der Waals surface area contributed by atoms with E-state index in [0.717, 1.165) is 41.2 Å². The molecular formula is C25H23F3N2O2. The summed E-state index contributed by atoms with van der Waals surface area (Å²) >= 11 is 0. The molecule has 0 aliphatic heterocycles. The molecule has 1 heterocycles. The van der Waals surface area contributed by atoms with Crippen LogP contribution in [0.3, 0.4) is 0 Å². The molecule has 0 fully saturated rings. The van der Waals surface area contributed by atoms with Gasteiger partial charge in [0.25, 0.3) is 5.91 Å². The van der Waals surface area contributed by atoms with Crippen LogP contribution >= 0.6 is 0 Å². The minimum absolute atomic E-state index is 0.0695. The van der Waals surface area contributed by atoms with Gasteiger partial charge in [-0.3, -0.25) is 9.59 Å². The van der Waals surface area contributed by atoms with Gasteiger partial charge in [0, 0.05) is 40.3 Å². The van der Waals surface area contributed by atoms with Crippen LogP contribution in [0.1, 0.15) is 57.9 Å². The predicted octanol–water partition coefficient (Wildman–Crippen LogP) is 6.21. The van der Waals surface area contributed by atoms with Gasteiger partial charge in [0.05, 0.1) is 5.56 Å². The van der Waals surface area contributed by atoms with E-state index >= 15 is 0 Å². The highest BCUT2D eigenvalue weighted by atomic mass is 19.4. The normalized spacial score (nSPS) is 15.4. The Kier molecular flexibility index (Phi) is 5.23. The highest BCUT2D eigenvalue weighted by Gasteiger charge is 2.34. The maximum atomic E-state index is 12.9. The molecule has 4 nitrogen and oxygen atoms in total. The maximum Gasteiger partial charge on any atom is 0.416 e. The Balaban J connectivity index is 1.58. The third-order valence-electron chi connectivity index (χ3n) is 5.71. The molecule has 7 heteroatoms. The van der Waals surface area contributed by atoms with E-state index in [1.165, 1.54) is 12.1 Å². The monoisotopic (exact) mass is 440 g/mol.